The van der Waals surface area contributed by atoms with E-state index in [1.807, 2.05) is 31.2 Å². The molecule has 0 aliphatic carbocycles. The van der Waals surface area contributed by atoms with E-state index in [0.717, 1.165) is 45.9 Å². The molecule has 0 saturated heterocycles. The zero-order valence-electron chi connectivity index (χ0n) is 12.6. The topological polar surface area (TPSA) is 47.0 Å². The van der Waals surface area contributed by atoms with Gasteiger partial charge < -0.3 is 10.1 Å². The molecule has 21 heavy (non-hydrogen) atoms. The van der Waals surface area contributed by atoms with Gasteiger partial charge in [0, 0.05) is 19.2 Å². The lowest BCUT2D eigenvalue weighted by atomic mass is 10.1. The molecule has 0 aliphatic heterocycles. The predicted molar refractivity (Wildman–Crippen MR) is 89.4 cm³/mol. The lowest BCUT2D eigenvalue weighted by molar-refractivity contribution is 0.185. The lowest BCUT2D eigenvalue weighted by Gasteiger charge is -2.13. The molecule has 0 spiro atoms. The number of halogens is 1. The van der Waals surface area contributed by atoms with Gasteiger partial charge in [-0.05, 0) is 34.8 Å². The maximum absolute atomic E-state index is 5.26. The van der Waals surface area contributed by atoms with E-state index in [0.29, 0.717) is 6.61 Å². The van der Waals surface area contributed by atoms with Gasteiger partial charge in [0.25, 0.3) is 0 Å². The summed E-state index contributed by atoms with van der Waals surface area (Å²) in [6, 6.07) is 8.06. The Morgan fingerprint density at radius 2 is 2.00 bits per heavy atom. The van der Waals surface area contributed by atoms with Crippen LogP contribution in [0.1, 0.15) is 24.6 Å². The predicted octanol–water partition coefficient (Wildman–Crippen LogP) is 4.18. The van der Waals surface area contributed by atoms with E-state index in [2.05, 4.69) is 38.1 Å². The fourth-order valence-electron chi connectivity index (χ4n) is 2.06. The van der Waals surface area contributed by atoms with Crippen LogP contribution in [0, 0.1) is 6.92 Å². The highest BCUT2D eigenvalue weighted by Crippen LogP contribution is 2.28. The number of aryl methyl sites for hydroxylation is 1. The van der Waals surface area contributed by atoms with E-state index >= 15 is 0 Å². The first-order chi connectivity index (χ1) is 10.2. The Kier molecular flexibility index (Phi) is 5.70. The minimum absolute atomic E-state index is 0.548. The number of nitrogens with zero attached hydrogens (tertiary/aromatic N) is 2. The number of hydrogen-bond acceptors (Lipinski definition) is 4. The summed E-state index contributed by atoms with van der Waals surface area (Å²) in [6.07, 6.45) is 1.05. The molecule has 4 nitrogen and oxygen atoms in total. The van der Waals surface area contributed by atoms with Gasteiger partial charge in [-0.1, -0.05) is 31.2 Å². The van der Waals surface area contributed by atoms with E-state index in [-0.39, 0.29) is 0 Å². The molecule has 0 fully saturated rings. The summed E-state index contributed by atoms with van der Waals surface area (Å²) in [7, 11) is 1.69. The summed E-state index contributed by atoms with van der Waals surface area (Å²) < 4.78 is 6.18. The van der Waals surface area contributed by atoms with E-state index in [1.165, 1.54) is 0 Å². The summed E-state index contributed by atoms with van der Waals surface area (Å²) in [5, 5.41) is 3.34. The standard InChI is InChI=1S/C16H20BrN3O/c1-4-9-18-16-14(17)11(2)19-15(20-16)13-8-6-5-7-12(13)10-21-3/h5-8H,4,9-10H2,1-3H3,(H,18,19,20). The number of hydrogen-bond donors (Lipinski definition) is 1. The second kappa shape index (κ2) is 7.52. The second-order valence-corrected chi connectivity index (χ2v) is 5.61. The Bertz CT molecular complexity index is 616. The summed E-state index contributed by atoms with van der Waals surface area (Å²) >= 11 is 3.55. The quantitative estimate of drug-likeness (QED) is 0.849. The van der Waals surface area contributed by atoms with E-state index in [4.69, 9.17) is 4.74 Å². The van der Waals surface area contributed by atoms with Crippen LogP contribution in [0.3, 0.4) is 0 Å². The summed E-state index contributed by atoms with van der Waals surface area (Å²) in [6.45, 7) is 5.54. The number of rotatable bonds is 6. The van der Waals surface area contributed by atoms with Crippen molar-refractivity contribution in [3.63, 3.8) is 0 Å². The van der Waals surface area contributed by atoms with Crippen molar-refractivity contribution in [3.8, 4) is 11.4 Å². The van der Waals surface area contributed by atoms with Crippen molar-refractivity contribution in [2.75, 3.05) is 19.0 Å². The molecule has 0 aliphatic rings. The molecule has 2 aromatic rings. The van der Waals surface area contributed by atoms with Crippen LogP contribution in [0.15, 0.2) is 28.7 Å². The van der Waals surface area contributed by atoms with Crippen molar-refractivity contribution < 1.29 is 4.74 Å². The molecule has 0 radical (unpaired) electrons. The molecule has 0 bridgehead atoms. The second-order valence-electron chi connectivity index (χ2n) is 4.81. The number of benzene rings is 1. The molecule has 5 heteroatoms. The van der Waals surface area contributed by atoms with Gasteiger partial charge in [-0.25, -0.2) is 9.97 Å². The highest BCUT2D eigenvalue weighted by Gasteiger charge is 2.13. The first-order valence-electron chi connectivity index (χ1n) is 7.02. The summed E-state index contributed by atoms with van der Waals surface area (Å²) in [5.41, 5.74) is 3.02. The Labute approximate surface area is 134 Å². The van der Waals surface area contributed by atoms with Gasteiger partial charge in [-0.3, -0.25) is 0 Å². The maximum atomic E-state index is 5.26. The molecule has 1 N–H and O–H groups in total. The monoisotopic (exact) mass is 349 g/mol. The largest absolute Gasteiger partial charge is 0.380 e. The van der Waals surface area contributed by atoms with Crippen molar-refractivity contribution >= 4 is 21.7 Å². The molecule has 0 amide bonds. The van der Waals surface area contributed by atoms with Gasteiger partial charge in [0.1, 0.15) is 5.82 Å². The zero-order valence-corrected chi connectivity index (χ0v) is 14.2. The van der Waals surface area contributed by atoms with Gasteiger partial charge in [0.05, 0.1) is 16.8 Å². The smallest absolute Gasteiger partial charge is 0.162 e. The Balaban J connectivity index is 2.46. The van der Waals surface area contributed by atoms with Crippen molar-refractivity contribution in [2.45, 2.75) is 26.9 Å². The molecular formula is C16H20BrN3O. The van der Waals surface area contributed by atoms with Crippen LogP contribution in [0.4, 0.5) is 5.82 Å². The van der Waals surface area contributed by atoms with E-state index < -0.39 is 0 Å². The van der Waals surface area contributed by atoms with Crippen LogP contribution >= 0.6 is 15.9 Å². The molecule has 1 aromatic heterocycles. The summed E-state index contributed by atoms with van der Waals surface area (Å²) in [5.74, 6) is 1.56. The third-order valence-corrected chi connectivity index (χ3v) is 4.07. The average molecular weight is 350 g/mol. The van der Waals surface area contributed by atoms with Crippen LogP contribution in [0.2, 0.25) is 0 Å². The fourth-order valence-corrected chi connectivity index (χ4v) is 2.38. The van der Waals surface area contributed by atoms with Crippen LogP contribution < -0.4 is 5.32 Å². The maximum Gasteiger partial charge on any atom is 0.162 e. The molecular weight excluding hydrogens is 330 g/mol. The molecule has 112 valence electrons. The van der Waals surface area contributed by atoms with E-state index in [1.54, 1.807) is 7.11 Å². The molecule has 0 atom stereocenters. The third kappa shape index (κ3) is 3.80. The molecule has 1 heterocycles. The van der Waals surface area contributed by atoms with E-state index in [9.17, 15) is 0 Å². The van der Waals surface area contributed by atoms with Crippen molar-refractivity contribution in [1.29, 1.82) is 0 Å². The van der Waals surface area contributed by atoms with Gasteiger partial charge in [-0.2, -0.15) is 0 Å². The van der Waals surface area contributed by atoms with Crippen molar-refractivity contribution in [1.82, 2.24) is 9.97 Å². The minimum Gasteiger partial charge on any atom is -0.380 e. The van der Waals surface area contributed by atoms with Crippen LogP contribution in [-0.2, 0) is 11.3 Å². The molecule has 2 rings (SSSR count). The van der Waals surface area contributed by atoms with Crippen LogP contribution in [-0.4, -0.2) is 23.6 Å². The Morgan fingerprint density at radius 3 is 2.71 bits per heavy atom. The van der Waals surface area contributed by atoms with Crippen LogP contribution in [0.25, 0.3) is 11.4 Å². The molecule has 0 saturated carbocycles. The SMILES string of the molecule is CCCNc1nc(-c2ccccc2COC)nc(C)c1Br. The van der Waals surface area contributed by atoms with Crippen molar-refractivity contribution in [2.24, 2.45) is 0 Å². The first-order valence-corrected chi connectivity index (χ1v) is 7.81. The summed E-state index contributed by atoms with van der Waals surface area (Å²) in [4.78, 5) is 9.26. The number of ether oxygens (including phenoxy) is 1. The number of nitrogens with one attached hydrogen (secondary N) is 1. The number of anilines is 1. The normalized spacial score (nSPS) is 10.7. The first kappa shape index (κ1) is 15.9. The Hall–Kier alpha value is -1.46. The number of methoxy groups -OCH3 is 1. The van der Waals surface area contributed by atoms with Gasteiger partial charge in [0.2, 0.25) is 0 Å². The van der Waals surface area contributed by atoms with Gasteiger partial charge >= 0.3 is 0 Å². The van der Waals surface area contributed by atoms with Gasteiger partial charge in [-0.15, -0.1) is 0 Å². The number of aromatic nitrogens is 2. The highest BCUT2D eigenvalue weighted by atomic mass is 79.9. The molecule has 0 unspecified atom stereocenters. The Morgan fingerprint density at radius 1 is 1.24 bits per heavy atom. The van der Waals surface area contributed by atoms with Gasteiger partial charge in [0.15, 0.2) is 5.82 Å². The average Bonchev–Trinajstić information content (AvgIpc) is 2.49. The third-order valence-electron chi connectivity index (χ3n) is 3.12. The molecule has 1 aromatic carbocycles. The van der Waals surface area contributed by atoms with Crippen LogP contribution in [0.5, 0.6) is 0 Å². The fraction of sp³-hybridized carbons (Fsp3) is 0.375. The lowest BCUT2D eigenvalue weighted by Crippen LogP contribution is -2.07. The minimum atomic E-state index is 0.548. The van der Waals surface area contributed by atoms with Crippen molar-refractivity contribution in [3.05, 3.63) is 40.0 Å². The zero-order chi connectivity index (χ0) is 15.2. The highest BCUT2D eigenvalue weighted by molar-refractivity contribution is 9.10.